The molecule has 1 aromatic carbocycles. The van der Waals surface area contributed by atoms with Crippen LogP contribution in [0.3, 0.4) is 0 Å². The third-order valence-electron chi connectivity index (χ3n) is 3.39. The van der Waals surface area contributed by atoms with E-state index in [-0.39, 0.29) is 19.6 Å². The molecule has 0 bridgehead atoms. The van der Waals surface area contributed by atoms with Crippen LogP contribution in [0, 0.1) is 0 Å². The fourth-order valence-electron chi connectivity index (χ4n) is 2.28. The Balaban J connectivity index is 2.17. The van der Waals surface area contributed by atoms with Gasteiger partial charge in [-0.2, -0.15) is 8.78 Å². The Bertz CT molecular complexity index is 527. The number of carboxylic acid groups (broad SMARTS) is 1. The first-order valence-electron chi connectivity index (χ1n) is 6.41. The smallest absolute Gasteiger partial charge is 0.349 e. The lowest BCUT2D eigenvalue weighted by molar-refractivity contribution is -0.150. The van der Waals surface area contributed by atoms with Crippen molar-refractivity contribution in [3.63, 3.8) is 0 Å². The van der Waals surface area contributed by atoms with Crippen LogP contribution in [-0.2, 0) is 20.2 Å². The Morgan fingerprint density at radius 3 is 2.52 bits per heavy atom. The number of hydrogen-bond acceptors (Lipinski definition) is 3. The predicted octanol–water partition coefficient (Wildman–Crippen LogP) is 1.53. The van der Waals surface area contributed by atoms with Crippen LogP contribution in [0.25, 0.3) is 0 Å². The van der Waals surface area contributed by atoms with Gasteiger partial charge in [-0.25, -0.2) is 0 Å². The summed E-state index contributed by atoms with van der Waals surface area (Å²) >= 11 is 0. The number of hydrogen-bond donors (Lipinski definition) is 2. The zero-order valence-corrected chi connectivity index (χ0v) is 11.1. The number of alkyl halides is 2. The lowest BCUT2D eigenvalue weighted by atomic mass is 9.93. The van der Waals surface area contributed by atoms with Crippen molar-refractivity contribution in [3.05, 3.63) is 35.9 Å². The summed E-state index contributed by atoms with van der Waals surface area (Å²) in [5, 5.41) is 11.0. The van der Waals surface area contributed by atoms with Crippen molar-refractivity contribution in [2.24, 2.45) is 0 Å². The summed E-state index contributed by atoms with van der Waals surface area (Å²) in [7, 11) is 0. The molecular weight excluding hydrogens is 284 g/mol. The monoisotopic (exact) mass is 299 g/mol. The first-order chi connectivity index (χ1) is 9.86. The second kappa shape index (κ2) is 5.77. The zero-order chi connectivity index (χ0) is 15.5. The van der Waals surface area contributed by atoms with Gasteiger partial charge in [0.25, 0.3) is 5.91 Å². The average Bonchev–Trinajstić information content (AvgIpc) is 2.87. The molecule has 0 aliphatic carbocycles. The molecule has 2 N–H and O–H groups in total. The fourth-order valence-corrected chi connectivity index (χ4v) is 2.28. The minimum Gasteiger partial charge on any atom is -0.481 e. The summed E-state index contributed by atoms with van der Waals surface area (Å²) in [5.41, 5.74) is -1.71. The van der Waals surface area contributed by atoms with E-state index in [2.05, 4.69) is 5.32 Å². The molecule has 1 aliphatic heterocycles. The van der Waals surface area contributed by atoms with Gasteiger partial charge in [-0.15, -0.1) is 0 Å². The second-order valence-corrected chi connectivity index (χ2v) is 5.05. The van der Waals surface area contributed by atoms with Gasteiger partial charge in [0.2, 0.25) is 0 Å². The molecule has 1 saturated heterocycles. The van der Waals surface area contributed by atoms with E-state index >= 15 is 0 Å². The van der Waals surface area contributed by atoms with E-state index in [4.69, 9.17) is 9.84 Å². The quantitative estimate of drug-likeness (QED) is 0.864. The lowest BCUT2D eigenvalue weighted by Crippen LogP contribution is -2.54. The molecule has 1 aliphatic rings. The third-order valence-corrected chi connectivity index (χ3v) is 3.39. The predicted molar refractivity (Wildman–Crippen MR) is 68.9 cm³/mol. The van der Waals surface area contributed by atoms with Crippen molar-refractivity contribution < 1.29 is 28.2 Å². The van der Waals surface area contributed by atoms with Gasteiger partial charge < -0.3 is 15.2 Å². The van der Waals surface area contributed by atoms with Crippen molar-refractivity contribution in [1.29, 1.82) is 0 Å². The fraction of sp³-hybridized carbons (Fsp3) is 0.429. The Morgan fingerprint density at radius 1 is 1.33 bits per heavy atom. The van der Waals surface area contributed by atoms with Gasteiger partial charge in [-0.1, -0.05) is 30.3 Å². The standard InChI is InChI=1S/C14H15F2NO4/c15-14(16,10-4-2-1-3-5-10)12(20)17-13(8-11(18)19)6-7-21-9-13/h1-5H,6-9H2,(H,17,20)(H,18,19). The Kier molecular flexibility index (Phi) is 4.22. The highest BCUT2D eigenvalue weighted by atomic mass is 19.3. The normalized spacial score (nSPS) is 22.0. The van der Waals surface area contributed by atoms with Gasteiger partial charge in [-0.3, -0.25) is 9.59 Å². The Morgan fingerprint density at radius 2 is 2.00 bits per heavy atom. The second-order valence-electron chi connectivity index (χ2n) is 5.05. The molecule has 0 radical (unpaired) electrons. The van der Waals surface area contributed by atoms with Crippen molar-refractivity contribution in [1.82, 2.24) is 5.32 Å². The van der Waals surface area contributed by atoms with Crippen LogP contribution < -0.4 is 5.32 Å². The number of ether oxygens (including phenoxy) is 1. The number of rotatable bonds is 5. The molecule has 2 rings (SSSR count). The number of halogens is 2. The van der Waals surface area contributed by atoms with Gasteiger partial charge in [0.1, 0.15) is 0 Å². The van der Waals surface area contributed by atoms with Gasteiger partial charge in [0.15, 0.2) is 0 Å². The lowest BCUT2D eigenvalue weighted by Gasteiger charge is -2.29. The highest BCUT2D eigenvalue weighted by molar-refractivity contribution is 5.86. The molecule has 7 heteroatoms. The highest BCUT2D eigenvalue weighted by Crippen LogP contribution is 2.31. The van der Waals surface area contributed by atoms with E-state index < -0.39 is 35.3 Å². The van der Waals surface area contributed by atoms with E-state index in [0.29, 0.717) is 0 Å². The van der Waals surface area contributed by atoms with E-state index in [9.17, 15) is 18.4 Å². The van der Waals surface area contributed by atoms with E-state index in [1.807, 2.05) is 0 Å². The maximum absolute atomic E-state index is 14.1. The first-order valence-corrected chi connectivity index (χ1v) is 6.41. The highest BCUT2D eigenvalue weighted by Gasteiger charge is 2.47. The van der Waals surface area contributed by atoms with E-state index in [0.717, 1.165) is 12.1 Å². The summed E-state index contributed by atoms with van der Waals surface area (Å²) in [5.74, 6) is -6.42. The van der Waals surface area contributed by atoms with Gasteiger partial charge in [-0.05, 0) is 6.42 Å². The maximum Gasteiger partial charge on any atom is 0.349 e. The topological polar surface area (TPSA) is 75.6 Å². The molecule has 1 aromatic rings. The molecule has 114 valence electrons. The third kappa shape index (κ3) is 3.36. The molecule has 21 heavy (non-hydrogen) atoms. The van der Waals surface area contributed by atoms with Crippen LogP contribution >= 0.6 is 0 Å². The van der Waals surface area contributed by atoms with E-state index in [1.54, 1.807) is 6.07 Å². The molecule has 1 unspecified atom stereocenters. The molecule has 1 fully saturated rings. The van der Waals surface area contributed by atoms with Crippen molar-refractivity contribution in [2.45, 2.75) is 24.3 Å². The molecule has 1 heterocycles. The number of carboxylic acids is 1. The minimum absolute atomic E-state index is 0.0874. The number of benzene rings is 1. The van der Waals surface area contributed by atoms with Crippen LogP contribution in [0.15, 0.2) is 30.3 Å². The zero-order valence-electron chi connectivity index (χ0n) is 11.1. The van der Waals surface area contributed by atoms with Gasteiger partial charge >= 0.3 is 11.9 Å². The molecule has 1 atom stereocenters. The number of carbonyl (C=O) groups excluding carboxylic acids is 1. The summed E-state index contributed by atoms with van der Waals surface area (Å²) in [4.78, 5) is 22.8. The van der Waals surface area contributed by atoms with Crippen molar-refractivity contribution in [3.8, 4) is 0 Å². The molecular formula is C14H15F2NO4. The van der Waals surface area contributed by atoms with Crippen molar-refractivity contribution >= 4 is 11.9 Å². The van der Waals surface area contributed by atoms with Gasteiger partial charge in [0.05, 0.1) is 18.6 Å². The van der Waals surface area contributed by atoms with E-state index in [1.165, 1.54) is 12.1 Å². The van der Waals surface area contributed by atoms with Crippen LogP contribution in [-0.4, -0.2) is 35.7 Å². The molecule has 5 nitrogen and oxygen atoms in total. The Hall–Kier alpha value is -2.02. The van der Waals surface area contributed by atoms with Crippen molar-refractivity contribution in [2.75, 3.05) is 13.2 Å². The van der Waals surface area contributed by atoms with Crippen LogP contribution in [0.4, 0.5) is 8.78 Å². The SMILES string of the molecule is O=C(O)CC1(NC(=O)C(F)(F)c2ccccc2)CCOC1. The number of amides is 1. The van der Waals surface area contributed by atoms with Crippen LogP contribution in [0.2, 0.25) is 0 Å². The summed E-state index contributed by atoms with van der Waals surface area (Å²) in [6.07, 6.45) is -0.264. The summed E-state index contributed by atoms with van der Waals surface area (Å²) in [6.45, 7) is 0.139. The summed E-state index contributed by atoms with van der Waals surface area (Å²) in [6, 6.07) is 6.67. The number of nitrogens with one attached hydrogen (secondary N) is 1. The van der Waals surface area contributed by atoms with Crippen LogP contribution in [0.5, 0.6) is 0 Å². The molecule has 0 aromatic heterocycles. The Labute approximate surface area is 119 Å². The molecule has 0 saturated carbocycles. The van der Waals surface area contributed by atoms with Gasteiger partial charge in [0, 0.05) is 12.2 Å². The maximum atomic E-state index is 14.1. The number of aliphatic carboxylic acids is 1. The van der Waals surface area contributed by atoms with Crippen LogP contribution in [0.1, 0.15) is 18.4 Å². The first kappa shape index (κ1) is 15.4. The molecule has 1 amide bonds. The molecule has 0 spiro atoms. The minimum atomic E-state index is -3.73. The number of carbonyl (C=O) groups is 2. The summed E-state index contributed by atoms with van der Waals surface area (Å²) < 4.78 is 33.3. The largest absolute Gasteiger partial charge is 0.481 e. The average molecular weight is 299 g/mol.